The summed E-state index contributed by atoms with van der Waals surface area (Å²) in [6.45, 7) is 3.43. The Morgan fingerprint density at radius 1 is 1.14 bits per heavy atom. The first-order chi connectivity index (χ1) is 13.2. The molecule has 0 atom stereocenters. The predicted molar refractivity (Wildman–Crippen MR) is 108 cm³/mol. The van der Waals surface area contributed by atoms with Crippen LogP contribution in [0, 0.1) is 17.0 Å². The number of rotatable bonds is 6. The van der Waals surface area contributed by atoms with Crippen LogP contribution in [-0.2, 0) is 4.79 Å². The van der Waals surface area contributed by atoms with Crippen molar-refractivity contribution in [2.75, 3.05) is 5.32 Å². The number of nitrogens with zero attached hydrogens (tertiary/aromatic N) is 2. The van der Waals surface area contributed by atoms with Gasteiger partial charge in [0.05, 0.1) is 11.3 Å². The Bertz CT molecular complexity index is 976. The molecule has 8 nitrogen and oxygen atoms in total. The Morgan fingerprint density at radius 2 is 1.86 bits per heavy atom. The number of hydrazone groups is 1. The van der Waals surface area contributed by atoms with E-state index >= 15 is 0 Å². The van der Waals surface area contributed by atoms with Crippen molar-refractivity contribution < 1.29 is 14.5 Å². The number of benzene rings is 2. The maximum atomic E-state index is 12.1. The van der Waals surface area contributed by atoms with Gasteiger partial charge < -0.3 is 5.32 Å². The van der Waals surface area contributed by atoms with E-state index in [1.165, 1.54) is 12.1 Å². The molecular weight excluding hydrogens is 407 g/mol. The fourth-order valence-electron chi connectivity index (χ4n) is 2.15. The van der Waals surface area contributed by atoms with Gasteiger partial charge in [0.1, 0.15) is 5.02 Å². The van der Waals surface area contributed by atoms with E-state index in [2.05, 4.69) is 15.8 Å². The summed E-state index contributed by atoms with van der Waals surface area (Å²) in [6, 6.07) is 8.72. The summed E-state index contributed by atoms with van der Waals surface area (Å²) in [5, 5.41) is 17.7. The number of amides is 2. The lowest BCUT2D eigenvalue weighted by Gasteiger charge is -2.07. The third-order valence-corrected chi connectivity index (χ3v) is 4.34. The Morgan fingerprint density at radius 3 is 2.46 bits per heavy atom. The summed E-state index contributed by atoms with van der Waals surface area (Å²) in [4.78, 5) is 34.2. The van der Waals surface area contributed by atoms with E-state index in [0.717, 1.165) is 11.6 Å². The number of hydrogen-bond donors (Lipinski definition) is 2. The van der Waals surface area contributed by atoms with E-state index in [4.69, 9.17) is 23.2 Å². The molecular formula is C18H16Cl2N4O4. The molecule has 0 unspecified atom stereocenters. The first kappa shape index (κ1) is 21.3. The molecule has 10 heteroatoms. The fraction of sp³-hybridized carbons (Fsp3) is 0.167. The van der Waals surface area contributed by atoms with E-state index in [1.54, 1.807) is 25.1 Å². The van der Waals surface area contributed by atoms with Crippen molar-refractivity contribution in [2.45, 2.75) is 20.3 Å². The molecule has 0 spiro atoms. The first-order valence-corrected chi connectivity index (χ1v) is 8.76. The average Bonchev–Trinajstić information content (AvgIpc) is 2.62. The van der Waals surface area contributed by atoms with Gasteiger partial charge in [0.2, 0.25) is 5.91 Å². The number of nitro benzene ring substituents is 1. The van der Waals surface area contributed by atoms with Gasteiger partial charge >= 0.3 is 0 Å². The minimum atomic E-state index is -0.647. The van der Waals surface area contributed by atoms with Crippen LogP contribution in [0.3, 0.4) is 0 Å². The van der Waals surface area contributed by atoms with Gasteiger partial charge in [0, 0.05) is 28.1 Å². The zero-order valence-electron chi connectivity index (χ0n) is 15.0. The van der Waals surface area contributed by atoms with Crippen molar-refractivity contribution in [1.29, 1.82) is 0 Å². The number of nitro groups is 1. The van der Waals surface area contributed by atoms with Crippen LogP contribution in [0.25, 0.3) is 0 Å². The molecule has 0 aliphatic rings. The van der Waals surface area contributed by atoms with E-state index in [9.17, 15) is 19.7 Å². The second-order valence-corrected chi connectivity index (χ2v) is 6.71. The normalized spacial score (nSPS) is 11.1. The standard InChI is InChI=1S/C18H16Cl2N4O4/c1-10-3-5-13(9-14(10)19)21-17(25)7-11(2)22-23-18(26)12-4-6-16(24(27)28)15(20)8-12/h3-6,8-9H,7H2,1-2H3,(H,21,25)(H,23,26). The van der Waals surface area contributed by atoms with Crippen molar-refractivity contribution in [3.05, 3.63) is 67.7 Å². The summed E-state index contributed by atoms with van der Waals surface area (Å²) in [5.74, 6) is -0.935. The lowest BCUT2D eigenvalue weighted by atomic mass is 10.2. The monoisotopic (exact) mass is 422 g/mol. The zero-order chi connectivity index (χ0) is 20.8. The number of nitrogens with one attached hydrogen (secondary N) is 2. The van der Waals surface area contributed by atoms with Gasteiger partial charge in [-0.3, -0.25) is 19.7 Å². The second-order valence-electron chi connectivity index (χ2n) is 5.90. The van der Waals surface area contributed by atoms with Crippen LogP contribution < -0.4 is 10.7 Å². The molecule has 146 valence electrons. The summed E-state index contributed by atoms with van der Waals surface area (Å²) in [5.41, 5.74) is 3.89. The van der Waals surface area contributed by atoms with Gasteiger partial charge in [0.15, 0.2) is 0 Å². The van der Waals surface area contributed by atoms with Gasteiger partial charge in [-0.1, -0.05) is 29.3 Å². The summed E-state index contributed by atoms with van der Waals surface area (Å²) in [6.07, 6.45) is -0.0488. The van der Waals surface area contributed by atoms with Crippen molar-refractivity contribution >= 4 is 52.1 Å². The Kier molecular flexibility index (Phi) is 7.08. The third-order valence-electron chi connectivity index (χ3n) is 3.63. The molecule has 0 radical (unpaired) electrons. The van der Waals surface area contributed by atoms with Crippen molar-refractivity contribution in [3.8, 4) is 0 Å². The van der Waals surface area contributed by atoms with E-state index in [-0.39, 0.29) is 28.6 Å². The first-order valence-electron chi connectivity index (χ1n) is 8.01. The average molecular weight is 423 g/mol. The molecule has 2 amide bonds. The van der Waals surface area contributed by atoms with Crippen LogP contribution in [0.2, 0.25) is 10.0 Å². The lowest BCUT2D eigenvalue weighted by Crippen LogP contribution is -2.21. The molecule has 0 heterocycles. The molecule has 0 aromatic heterocycles. The van der Waals surface area contributed by atoms with Crippen LogP contribution in [0.4, 0.5) is 11.4 Å². The zero-order valence-corrected chi connectivity index (χ0v) is 16.5. The minimum Gasteiger partial charge on any atom is -0.326 e. The topological polar surface area (TPSA) is 114 Å². The van der Waals surface area contributed by atoms with Crippen molar-refractivity contribution in [3.63, 3.8) is 0 Å². The van der Waals surface area contributed by atoms with Crippen LogP contribution in [-0.4, -0.2) is 22.4 Å². The Hall–Kier alpha value is -2.97. The van der Waals surface area contributed by atoms with Crippen LogP contribution in [0.1, 0.15) is 29.3 Å². The number of aryl methyl sites for hydroxylation is 1. The molecule has 0 fully saturated rings. The van der Waals surface area contributed by atoms with Gasteiger partial charge in [-0.05, 0) is 43.7 Å². The van der Waals surface area contributed by atoms with Crippen molar-refractivity contribution in [1.82, 2.24) is 5.43 Å². The highest BCUT2D eigenvalue weighted by molar-refractivity contribution is 6.33. The Balaban J connectivity index is 1.95. The molecule has 0 saturated heterocycles. The molecule has 0 aliphatic carbocycles. The number of carbonyl (C=O) groups is 2. The maximum Gasteiger partial charge on any atom is 0.287 e. The number of carbonyl (C=O) groups excluding carboxylic acids is 2. The van der Waals surface area contributed by atoms with Gasteiger partial charge in [-0.2, -0.15) is 5.10 Å². The van der Waals surface area contributed by atoms with E-state index in [1.807, 2.05) is 6.92 Å². The summed E-state index contributed by atoms with van der Waals surface area (Å²) >= 11 is 11.8. The van der Waals surface area contributed by atoms with Gasteiger partial charge in [-0.25, -0.2) is 5.43 Å². The minimum absolute atomic E-state index is 0.0488. The number of halogens is 2. The number of anilines is 1. The Labute approximate surface area is 170 Å². The SMILES string of the molecule is CC(CC(=O)Nc1ccc(C)c(Cl)c1)=NNC(=O)c1ccc([N+](=O)[O-])c(Cl)c1. The van der Waals surface area contributed by atoms with Crippen LogP contribution in [0.5, 0.6) is 0 Å². The maximum absolute atomic E-state index is 12.1. The highest BCUT2D eigenvalue weighted by Gasteiger charge is 2.15. The fourth-order valence-corrected chi connectivity index (χ4v) is 2.58. The molecule has 2 N–H and O–H groups in total. The highest BCUT2D eigenvalue weighted by Crippen LogP contribution is 2.25. The molecule has 2 rings (SSSR count). The van der Waals surface area contributed by atoms with Crippen LogP contribution in [0.15, 0.2) is 41.5 Å². The second kappa shape index (κ2) is 9.29. The number of hydrogen-bond acceptors (Lipinski definition) is 5. The molecule has 2 aromatic carbocycles. The molecule has 0 saturated carbocycles. The van der Waals surface area contributed by atoms with Crippen molar-refractivity contribution in [2.24, 2.45) is 5.10 Å². The highest BCUT2D eigenvalue weighted by atomic mass is 35.5. The largest absolute Gasteiger partial charge is 0.326 e. The quantitative estimate of drug-likeness (QED) is 0.409. The summed E-state index contributed by atoms with van der Waals surface area (Å²) < 4.78 is 0. The van der Waals surface area contributed by atoms with Gasteiger partial charge in [0.25, 0.3) is 11.6 Å². The molecule has 2 aromatic rings. The summed E-state index contributed by atoms with van der Waals surface area (Å²) in [7, 11) is 0. The predicted octanol–water partition coefficient (Wildman–Crippen LogP) is 4.34. The smallest absolute Gasteiger partial charge is 0.287 e. The van der Waals surface area contributed by atoms with Crippen LogP contribution >= 0.6 is 23.2 Å². The van der Waals surface area contributed by atoms with Gasteiger partial charge in [-0.15, -0.1) is 0 Å². The third kappa shape index (κ3) is 5.77. The lowest BCUT2D eigenvalue weighted by molar-refractivity contribution is -0.384. The molecule has 0 bridgehead atoms. The molecule has 0 aliphatic heterocycles. The van der Waals surface area contributed by atoms with E-state index < -0.39 is 10.8 Å². The molecule has 28 heavy (non-hydrogen) atoms. The van der Waals surface area contributed by atoms with E-state index in [0.29, 0.717) is 16.4 Å².